The van der Waals surface area contributed by atoms with Gasteiger partial charge in [0.15, 0.2) is 0 Å². The molecule has 5 rings (SSSR count). The smallest absolute Gasteiger partial charge is 0.244 e. The van der Waals surface area contributed by atoms with E-state index in [1.165, 1.54) is 20.5 Å². The summed E-state index contributed by atoms with van der Waals surface area (Å²) < 4.78 is 12.6. The van der Waals surface area contributed by atoms with Crippen LogP contribution in [-0.2, 0) is 9.53 Å². The third-order valence-corrected chi connectivity index (χ3v) is 8.63. The Kier molecular flexibility index (Phi) is 6.87. The molecule has 0 aliphatic carbocycles. The number of rotatable bonds is 7. The van der Waals surface area contributed by atoms with E-state index in [0.29, 0.717) is 13.2 Å². The molecule has 5 nitrogen and oxygen atoms in total. The SMILES string of the molecule is O=C(CC1(Sc2ccc(Oc3ccc(-c4cc5ccccc5s4)cc3)cc2)CCOCC1)NO. The number of hydroxylamine groups is 1. The molecule has 1 aromatic heterocycles. The maximum absolute atomic E-state index is 11.9. The normalized spacial score (nSPS) is 15.2. The number of carbonyl (C=O) groups excluding carboxylic acids is 1. The van der Waals surface area contributed by atoms with Gasteiger partial charge in [-0.15, -0.1) is 23.1 Å². The average molecular weight is 492 g/mol. The number of hydrogen-bond acceptors (Lipinski definition) is 6. The summed E-state index contributed by atoms with van der Waals surface area (Å²) in [7, 11) is 0. The molecule has 3 aromatic carbocycles. The van der Waals surface area contributed by atoms with Crippen molar-refractivity contribution < 1.29 is 19.5 Å². The second-order valence-electron chi connectivity index (χ2n) is 8.36. The van der Waals surface area contributed by atoms with Crippen LogP contribution in [-0.4, -0.2) is 29.1 Å². The lowest BCUT2D eigenvalue weighted by atomic mass is 9.95. The molecule has 1 fully saturated rings. The number of ether oxygens (including phenoxy) is 2. The Hall–Kier alpha value is -2.84. The molecule has 34 heavy (non-hydrogen) atoms. The van der Waals surface area contributed by atoms with Crippen LogP contribution >= 0.6 is 23.1 Å². The highest BCUT2D eigenvalue weighted by molar-refractivity contribution is 8.00. The van der Waals surface area contributed by atoms with Crippen molar-refractivity contribution in [2.45, 2.75) is 28.9 Å². The number of thioether (sulfide) groups is 1. The van der Waals surface area contributed by atoms with Crippen LogP contribution in [0.5, 0.6) is 11.5 Å². The molecule has 1 saturated heterocycles. The van der Waals surface area contributed by atoms with Crippen molar-refractivity contribution in [1.82, 2.24) is 5.48 Å². The van der Waals surface area contributed by atoms with Crippen molar-refractivity contribution in [2.75, 3.05) is 13.2 Å². The van der Waals surface area contributed by atoms with Gasteiger partial charge in [0, 0.05) is 38.9 Å². The molecule has 2 heterocycles. The Balaban J connectivity index is 1.25. The fourth-order valence-electron chi connectivity index (χ4n) is 4.16. The summed E-state index contributed by atoms with van der Waals surface area (Å²) in [5.74, 6) is 1.17. The van der Waals surface area contributed by atoms with Crippen molar-refractivity contribution in [3.05, 3.63) is 78.9 Å². The molecule has 4 aromatic rings. The summed E-state index contributed by atoms with van der Waals surface area (Å²) in [6, 6.07) is 26.7. The zero-order valence-electron chi connectivity index (χ0n) is 18.5. The summed E-state index contributed by atoms with van der Waals surface area (Å²) in [6.45, 7) is 1.23. The second-order valence-corrected chi connectivity index (χ2v) is 11.0. The van der Waals surface area contributed by atoms with Crippen LogP contribution in [0.15, 0.2) is 83.8 Å². The molecule has 0 bridgehead atoms. The van der Waals surface area contributed by atoms with Crippen LogP contribution in [0, 0.1) is 0 Å². The van der Waals surface area contributed by atoms with Gasteiger partial charge in [-0.25, -0.2) is 5.48 Å². The van der Waals surface area contributed by atoms with E-state index in [1.807, 2.05) is 36.4 Å². The number of fused-ring (bicyclic) bond motifs is 1. The minimum Gasteiger partial charge on any atom is -0.457 e. The van der Waals surface area contributed by atoms with Gasteiger partial charge in [0.25, 0.3) is 0 Å². The topological polar surface area (TPSA) is 67.8 Å². The van der Waals surface area contributed by atoms with E-state index in [1.54, 1.807) is 28.6 Å². The second kappa shape index (κ2) is 10.2. The highest BCUT2D eigenvalue weighted by atomic mass is 32.2. The molecule has 2 N–H and O–H groups in total. The number of nitrogens with one attached hydrogen (secondary N) is 1. The van der Waals surface area contributed by atoms with Gasteiger partial charge in [0.05, 0.1) is 0 Å². The largest absolute Gasteiger partial charge is 0.457 e. The molecule has 0 unspecified atom stereocenters. The lowest BCUT2D eigenvalue weighted by molar-refractivity contribution is -0.130. The van der Waals surface area contributed by atoms with Crippen LogP contribution < -0.4 is 10.2 Å². The Bertz CT molecular complexity index is 1230. The van der Waals surface area contributed by atoms with Crippen LogP contribution in [0.4, 0.5) is 0 Å². The van der Waals surface area contributed by atoms with E-state index < -0.39 is 0 Å². The molecule has 1 aliphatic rings. The first-order valence-electron chi connectivity index (χ1n) is 11.2. The van der Waals surface area contributed by atoms with Crippen LogP contribution in [0.1, 0.15) is 19.3 Å². The number of carbonyl (C=O) groups is 1. The summed E-state index contributed by atoms with van der Waals surface area (Å²) >= 11 is 3.46. The average Bonchev–Trinajstić information content (AvgIpc) is 3.30. The molecular weight excluding hydrogens is 466 g/mol. The van der Waals surface area contributed by atoms with E-state index >= 15 is 0 Å². The number of thiophene rings is 1. The maximum Gasteiger partial charge on any atom is 0.244 e. The lowest BCUT2D eigenvalue weighted by Gasteiger charge is -2.35. The summed E-state index contributed by atoms with van der Waals surface area (Å²) in [6.07, 6.45) is 1.77. The van der Waals surface area contributed by atoms with E-state index in [2.05, 4.69) is 42.5 Å². The minimum atomic E-state index is -0.367. The van der Waals surface area contributed by atoms with Gasteiger partial charge in [0.2, 0.25) is 5.91 Å². The van der Waals surface area contributed by atoms with E-state index in [9.17, 15) is 4.79 Å². The predicted octanol–water partition coefficient (Wildman–Crippen LogP) is 6.90. The molecule has 0 atom stereocenters. The van der Waals surface area contributed by atoms with Gasteiger partial charge in [-0.05, 0) is 84.5 Å². The number of hydrogen-bond donors (Lipinski definition) is 2. The van der Waals surface area contributed by atoms with Gasteiger partial charge < -0.3 is 9.47 Å². The molecule has 0 radical (unpaired) electrons. The summed E-state index contributed by atoms with van der Waals surface area (Å²) in [4.78, 5) is 14.2. The predicted molar refractivity (Wildman–Crippen MR) is 137 cm³/mol. The molecule has 0 saturated carbocycles. The van der Waals surface area contributed by atoms with Crippen molar-refractivity contribution in [2.24, 2.45) is 0 Å². The van der Waals surface area contributed by atoms with Crippen LogP contribution in [0.2, 0.25) is 0 Å². The lowest BCUT2D eigenvalue weighted by Crippen LogP contribution is -2.38. The first-order chi connectivity index (χ1) is 16.6. The minimum absolute atomic E-state index is 0.252. The number of benzene rings is 3. The fraction of sp³-hybridized carbons (Fsp3) is 0.222. The fourth-order valence-corrected chi connectivity index (χ4v) is 6.58. The van der Waals surface area contributed by atoms with Crippen molar-refractivity contribution >= 4 is 39.1 Å². The van der Waals surface area contributed by atoms with Crippen molar-refractivity contribution in [3.63, 3.8) is 0 Å². The zero-order chi connectivity index (χ0) is 23.4. The van der Waals surface area contributed by atoms with E-state index in [4.69, 9.17) is 14.7 Å². The zero-order valence-corrected chi connectivity index (χ0v) is 20.2. The summed E-state index contributed by atoms with van der Waals surface area (Å²) in [5.41, 5.74) is 2.94. The number of amides is 1. The van der Waals surface area contributed by atoms with Crippen LogP contribution in [0.25, 0.3) is 20.5 Å². The van der Waals surface area contributed by atoms with Gasteiger partial charge >= 0.3 is 0 Å². The first kappa shape index (κ1) is 22.9. The third kappa shape index (κ3) is 5.28. The summed E-state index contributed by atoms with van der Waals surface area (Å²) in [5, 5.41) is 10.2. The van der Waals surface area contributed by atoms with Crippen molar-refractivity contribution in [3.8, 4) is 21.9 Å². The maximum atomic E-state index is 11.9. The van der Waals surface area contributed by atoms with Gasteiger partial charge in [-0.1, -0.05) is 18.2 Å². The van der Waals surface area contributed by atoms with Crippen LogP contribution in [0.3, 0.4) is 0 Å². The first-order valence-corrected chi connectivity index (χ1v) is 12.8. The molecule has 1 aliphatic heterocycles. The van der Waals surface area contributed by atoms with Gasteiger partial charge in [-0.3, -0.25) is 10.0 Å². The van der Waals surface area contributed by atoms with Crippen molar-refractivity contribution in [1.29, 1.82) is 0 Å². The molecular formula is C27H25NO4S2. The Morgan fingerprint density at radius 1 is 1.00 bits per heavy atom. The third-order valence-electron chi connectivity index (χ3n) is 5.97. The molecule has 1 amide bonds. The molecule has 0 spiro atoms. The van der Waals surface area contributed by atoms with E-state index in [0.717, 1.165) is 29.2 Å². The standard InChI is InChI=1S/C27H25NO4S2/c29-26(28-30)18-27(13-15-31-16-14-27)34-23-11-9-22(10-12-23)32-21-7-5-19(6-8-21)25-17-20-3-1-2-4-24(20)33-25/h1-12,17,30H,13-16,18H2,(H,28,29). The van der Waals surface area contributed by atoms with Gasteiger partial charge in [-0.2, -0.15) is 0 Å². The Morgan fingerprint density at radius 3 is 2.35 bits per heavy atom. The van der Waals surface area contributed by atoms with E-state index in [-0.39, 0.29) is 17.1 Å². The quantitative estimate of drug-likeness (QED) is 0.217. The monoisotopic (exact) mass is 491 g/mol. The highest BCUT2D eigenvalue weighted by Gasteiger charge is 2.36. The Labute approximate surface area is 206 Å². The van der Waals surface area contributed by atoms with Gasteiger partial charge in [0.1, 0.15) is 11.5 Å². The highest BCUT2D eigenvalue weighted by Crippen LogP contribution is 2.43. The Morgan fingerprint density at radius 2 is 1.68 bits per heavy atom. The molecule has 7 heteroatoms. The molecule has 174 valence electrons.